The number of amides is 1. The van der Waals surface area contributed by atoms with Crippen molar-refractivity contribution in [3.8, 4) is 0 Å². The van der Waals surface area contributed by atoms with Gasteiger partial charge < -0.3 is 0 Å². The first-order valence-corrected chi connectivity index (χ1v) is 6.52. The van der Waals surface area contributed by atoms with Crippen molar-refractivity contribution in [1.82, 2.24) is 5.43 Å². The Morgan fingerprint density at radius 1 is 1.10 bits per heavy atom. The number of hydrogen-bond acceptors (Lipinski definition) is 2. The molecule has 0 aliphatic carbocycles. The molecule has 2 aromatic carbocycles. The molecular formula is C17H15FN2O. The Balaban J connectivity index is 1.77. The van der Waals surface area contributed by atoms with Gasteiger partial charge in [0.25, 0.3) is 0 Å². The van der Waals surface area contributed by atoms with Crippen LogP contribution in [0.25, 0.3) is 6.08 Å². The van der Waals surface area contributed by atoms with Crippen molar-refractivity contribution in [1.29, 1.82) is 0 Å². The third kappa shape index (κ3) is 5.40. The van der Waals surface area contributed by atoms with Gasteiger partial charge in [-0.05, 0) is 29.3 Å². The van der Waals surface area contributed by atoms with Crippen molar-refractivity contribution < 1.29 is 9.18 Å². The number of carbonyl (C=O) groups excluding carboxylic acids is 1. The van der Waals surface area contributed by atoms with Crippen molar-refractivity contribution >= 4 is 18.2 Å². The van der Waals surface area contributed by atoms with Crippen LogP contribution < -0.4 is 5.43 Å². The third-order valence-corrected chi connectivity index (χ3v) is 2.72. The minimum Gasteiger partial charge on any atom is -0.273 e. The van der Waals surface area contributed by atoms with E-state index >= 15 is 0 Å². The summed E-state index contributed by atoms with van der Waals surface area (Å²) in [4.78, 5) is 11.6. The van der Waals surface area contributed by atoms with E-state index in [-0.39, 0.29) is 18.1 Å². The van der Waals surface area contributed by atoms with Crippen LogP contribution in [-0.4, -0.2) is 12.1 Å². The molecule has 4 heteroatoms. The zero-order valence-electron chi connectivity index (χ0n) is 11.4. The maximum atomic E-state index is 12.7. The molecule has 21 heavy (non-hydrogen) atoms. The molecular weight excluding hydrogens is 267 g/mol. The Labute approximate surface area is 122 Å². The molecule has 0 saturated heterocycles. The van der Waals surface area contributed by atoms with Gasteiger partial charge in [0.05, 0.1) is 6.42 Å². The van der Waals surface area contributed by atoms with Crippen LogP contribution >= 0.6 is 0 Å². The number of hydrazone groups is 1. The molecule has 2 rings (SSSR count). The highest BCUT2D eigenvalue weighted by atomic mass is 19.1. The summed E-state index contributed by atoms with van der Waals surface area (Å²) in [6.07, 6.45) is 5.30. The van der Waals surface area contributed by atoms with Gasteiger partial charge in [-0.25, -0.2) is 9.82 Å². The van der Waals surface area contributed by atoms with Crippen molar-refractivity contribution in [3.63, 3.8) is 0 Å². The van der Waals surface area contributed by atoms with Gasteiger partial charge in [-0.2, -0.15) is 5.10 Å². The lowest BCUT2D eigenvalue weighted by Gasteiger charge is -1.99. The highest BCUT2D eigenvalue weighted by molar-refractivity contribution is 5.82. The van der Waals surface area contributed by atoms with Gasteiger partial charge in [0.1, 0.15) is 5.82 Å². The largest absolute Gasteiger partial charge is 0.273 e. The normalized spacial score (nSPS) is 11.1. The van der Waals surface area contributed by atoms with Crippen molar-refractivity contribution in [2.75, 3.05) is 0 Å². The molecule has 0 aromatic heterocycles. The van der Waals surface area contributed by atoms with Crippen LogP contribution in [0.5, 0.6) is 0 Å². The van der Waals surface area contributed by atoms with Gasteiger partial charge in [-0.3, -0.25) is 4.79 Å². The van der Waals surface area contributed by atoms with E-state index < -0.39 is 0 Å². The van der Waals surface area contributed by atoms with E-state index in [1.54, 1.807) is 18.2 Å². The number of allylic oxidation sites excluding steroid dienone is 1. The van der Waals surface area contributed by atoms with Crippen molar-refractivity contribution in [2.24, 2.45) is 5.10 Å². The average Bonchev–Trinajstić information content (AvgIpc) is 2.50. The number of nitrogens with zero attached hydrogens (tertiary/aromatic N) is 1. The monoisotopic (exact) mass is 282 g/mol. The second-order valence-corrected chi connectivity index (χ2v) is 4.39. The smallest absolute Gasteiger partial charge is 0.244 e. The van der Waals surface area contributed by atoms with Crippen LogP contribution in [-0.2, 0) is 11.2 Å². The number of carbonyl (C=O) groups is 1. The van der Waals surface area contributed by atoms with Gasteiger partial charge >= 0.3 is 0 Å². The zero-order chi connectivity index (χ0) is 14.9. The lowest BCUT2D eigenvalue weighted by Crippen LogP contribution is -2.19. The first kappa shape index (κ1) is 14.7. The molecule has 1 N–H and O–H groups in total. The minimum atomic E-state index is -0.316. The van der Waals surface area contributed by atoms with E-state index in [4.69, 9.17) is 0 Å². The Bertz CT molecular complexity index is 634. The molecule has 0 spiro atoms. The Morgan fingerprint density at radius 2 is 1.81 bits per heavy atom. The summed E-state index contributed by atoms with van der Waals surface area (Å²) in [5.41, 5.74) is 4.21. The maximum absolute atomic E-state index is 12.7. The number of rotatable bonds is 5. The Kier molecular flexibility index (Phi) is 5.41. The summed E-state index contributed by atoms with van der Waals surface area (Å²) in [5, 5.41) is 3.81. The zero-order valence-corrected chi connectivity index (χ0v) is 11.4. The molecule has 0 atom stereocenters. The minimum absolute atomic E-state index is 0.167. The fourth-order valence-corrected chi connectivity index (χ4v) is 1.70. The summed E-state index contributed by atoms with van der Waals surface area (Å²) < 4.78 is 12.7. The summed E-state index contributed by atoms with van der Waals surface area (Å²) >= 11 is 0. The van der Waals surface area contributed by atoms with E-state index in [2.05, 4.69) is 10.5 Å². The first-order valence-electron chi connectivity index (χ1n) is 6.52. The van der Waals surface area contributed by atoms with E-state index in [1.807, 2.05) is 36.4 Å². The summed E-state index contributed by atoms with van der Waals surface area (Å²) in [6.45, 7) is 0. The average molecular weight is 282 g/mol. The van der Waals surface area contributed by atoms with Crippen LogP contribution in [0.1, 0.15) is 11.1 Å². The maximum Gasteiger partial charge on any atom is 0.244 e. The second-order valence-electron chi connectivity index (χ2n) is 4.39. The fourth-order valence-electron chi connectivity index (χ4n) is 1.70. The van der Waals surface area contributed by atoms with E-state index in [9.17, 15) is 9.18 Å². The number of hydrogen-bond donors (Lipinski definition) is 1. The molecule has 0 heterocycles. The molecule has 0 aliphatic rings. The lowest BCUT2D eigenvalue weighted by atomic mass is 10.1. The molecule has 0 fully saturated rings. The van der Waals surface area contributed by atoms with E-state index in [0.29, 0.717) is 0 Å². The first-order chi connectivity index (χ1) is 10.2. The van der Waals surface area contributed by atoms with Crippen LogP contribution in [0.4, 0.5) is 4.39 Å². The lowest BCUT2D eigenvalue weighted by molar-refractivity contribution is -0.120. The topological polar surface area (TPSA) is 41.5 Å². The van der Waals surface area contributed by atoms with Gasteiger partial charge in [0.2, 0.25) is 5.91 Å². The van der Waals surface area contributed by atoms with Gasteiger partial charge in [-0.1, -0.05) is 48.5 Å². The fraction of sp³-hybridized carbons (Fsp3) is 0.0588. The SMILES string of the molecule is O=C(Cc1ccc(F)cc1)N/N=C\C=C\c1ccccc1. The number of halogens is 1. The van der Waals surface area contributed by atoms with Gasteiger partial charge in [0.15, 0.2) is 0 Å². The Hall–Kier alpha value is -2.75. The highest BCUT2D eigenvalue weighted by Crippen LogP contribution is 2.03. The van der Waals surface area contributed by atoms with Crippen LogP contribution in [0.2, 0.25) is 0 Å². The molecule has 0 unspecified atom stereocenters. The van der Waals surface area contributed by atoms with Crippen LogP contribution in [0, 0.1) is 5.82 Å². The molecule has 3 nitrogen and oxygen atoms in total. The predicted molar refractivity (Wildman–Crippen MR) is 82.2 cm³/mol. The van der Waals surface area contributed by atoms with Crippen LogP contribution in [0.3, 0.4) is 0 Å². The molecule has 2 aromatic rings. The summed E-state index contributed by atoms with van der Waals surface area (Å²) in [7, 11) is 0. The number of benzene rings is 2. The van der Waals surface area contributed by atoms with Crippen molar-refractivity contribution in [2.45, 2.75) is 6.42 Å². The van der Waals surface area contributed by atoms with Crippen LogP contribution in [0.15, 0.2) is 65.8 Å². The van der Waals surface area contributed by atoms with Gasteiger partial charge in [0, 0.05) is 6.21 Å². The quantitative estimate of drug-likeness (QED) is 0.664. The molecule has 1 amide bonds. The second kappa shape index (κ2) is 7.75. The molecule has 0 saturated carbocycles. The van der Waals surface area contributed by atoms with E-state index in [0.717, 1.165) is 11.1 Å². The summed E-state index contributed by atoms with van der Waals surface area (Å²) in [6, 6.07) is 15.6. The molecule has 0 aliphatic heterocycles. The third-order valence-electron chi connectivity index (χ3n) is 2.72. The Morgan fingerprint density at radius 3 is 2.52 bits per heavy atom. The summed E-state index contributed by atoms with van der Waals surface area (Å²) in [5.74, 6) is -0.561. The molecule has 0 bridgehead atoms. The molecule has 106 valence electrons. The predicted octanol–water partition coefficient (Wildman–Crippen LogP) is 3.18. The van der Waals surface area contributed by atoms with Crippen molar-refractivity contribution in [3.05, 3.63) is 77.6 Å². The standard InChI is InChI=1S/C17H15FN2O/c18-16-10-8-15(9-11-16)13-17(21)20-19-12-4-7-14-5-2-1-3-6-14/h1-12H,13H2,(H,20,21)/b7-4+,19-12-. The molecule has 0 radical (unpaired) electrons. The van der Waals surface area contributed by atoms with E-state index in [1.165, 1.54) is 18.3 Å². The van der Waals surface area contributed by atoms with Gasteiger partial charge in [-0.15, -0.1) is 0 Å². The number of nitrogens with one attached hydrogen (secondary N) is 1. The highest BCUT2D eigenvalue weighted by Gasteiger charge is 2.01.